The van der Waals surface area contributed by atoms with Crippen LogP contribution in [0.25, 0.3) is 0 Å². The van der Waals surface area contributed by atoms with E-state index in [0.29, 0.717) is 43.6 Å². The topological polar surface area (TPSA) is 71.5 Å². The summed E-state index contributed by atoms with van der Waals surface area (Å²) in [6, 6.07) is 0. The first-order chi connectivity index (χ1) is 13.7. The minimum Gasteiger partial charge on any atom is -0.347 e. The SMILES string of the molecule is CN=C(NCC(=O)N(C)CC(F)(F)F)N1CCN(CC(=O)N2CCCCC2)CC1.I. The standard InChI is InChI=1S/C18H31F3N6O2.HI/c1-22-17(23-12-15(28)24(2)14-18(19,20)21)27-10-8-25(9-11-27)13-16(29)26-6-4-3-5-7-26;/h3-14H2,1-2H3,(H,22,23);1H. The van der Waals surface area contributed by atoms with E-state index in [0.717, 1.165) is 33.0 Å². The second-order valence-electron chi connectivity index (χ2n) is 7.47. The maximum atomic E-state index is 12.4. The van der Waals surface area contributed by atoms with E-state index in [1.807, 2.05) is 9.80 Å². The van der Waals surface area contributed by atoms with Gasteiger partial charge in [-0.2, -0.15) is 13.2 Å². The molecule has 2 heterocycles. The molecule has 0 spiro atoms. The molecule has 2 fully saturated rings. The number of rotatable bonds is 5. The predicted molar refractivity (Wildman–Crippen MR) is 119 cm³/mol. The Bertz CT molecular complexity index is 591. The van der Waals surface area contributed by atoms with Crippen molar-refractivity contribution >= 4 is 41.8 Å². The Morgan fingerprint density at radius 2 is 1.60 bits per heavy atom. The molecule has 2 rings (SSSR count). The number of nitrogens with zero attached hydrogens (tertiary/aromatic N) is 5. The van der Waals surface area contributed by atoms with Crippen LogP contribution in [-0.2, 0) is 9.59 Å². The summed E-state index contributed by atoms with van der Waals surface area (Å²) in [5.41, 5.74) is 0. The van der Waals surface area contributed by atoms with Crippen molar-refractivity contribution in [2.45, 2.75) is 25.4 Å². The number of likely N-dealkylation sites (N-methyl/N-ethyl adjacent to an activating group) is 1. The maximum absolute atomic E-state index is 12.4. The lowest BCUT2D eigenvalue weighted by Crippen LogP contribution is -2.55. The van der Waals surface area contributed by atoms with Gasteiger partial charge in [0.05, 0.1) is 13.1 Å². The van der Waals surface area contributed by atoms with Gasteiger partial charge in [0.2, 0.25) is 11.8 Å². The number of piperazine rings is 1. The molecule has 8 nitrogen and oxygen atoms in total. The third-order valence-corrected chi connectivity index (χ3v) is 5.19. The molecule has 2 aliphatic heterocycles. The number of likely N-dealkylation sites (tertiary alicyclic amines) is 1. The van der Waals surface area contributed by atoms with Gasteiger partial charge in [-0.15, -0.1) is 24.0 Å². The number of alkyl halides is 3. The normalized spacial score (nSPS) is 18.6. The Labute approximate surface area is 192 Å². The molecule has 2 aliphatic rings. The van der Waals surface area contributed by atoms with Gasteiger partial charge in [0.15, 0.2) is 5.96 Å². The van der Waals surface area contributed by atoms with E-state index in [4.69, 9.17) is 0 Å². The Kier molecular flexibility index (Phi) is 11.2. The second kappa shape index (κ2) is 12.5. The Balaban J connectivity index is 0.00000450. The number of piperidine rings is 1. The van der Waals surface area contributed by atoms with E-state index >= 15 is 0 Å². The third kappa shape index (κ3) is 8.82. The summed E-state index contributed by atoms with van der Waals surface area (Å²) in [4.78, 5) is 35.0. The van der Waals surface area contributed by atoms with Gasteiger partial charge in [0, 0.05) is 53.4 Å². The highest BCUT2D eigenvalue weighted by Gasteiger charge is 2.31. The quantitative estimate of drug-likeness (QED) is 0.313. The smallest absolute Gasteiger partial charge is 0.347 e. The molecule has 30 heavy (non-hydrogen) atoms. The van der Waals surface area contributed by atoms with Gasteiger partial charge in [0.1, 0.15) is 6.54 Å². The Morgan fingerprint density at radius 1 is 1.00 bits per heavy atom. The molecule has 0 aromatic carbocycles. The summed E-state index contributed by atoms with van der Waals surface area (Å²) in [5, 5.41) is 2.84. The average molecular weight is 548 g/mol. The van der Waals surface area contributed by atoms with Crippen LogP contribution in [0.3, 0.4) is 0 Å². The summed E-state index contributed by atoms with van der Waals surface area (Å²) >= 11 is 0. The third-order valence-electron chi connectivity index (χ3n) is 5.19. The zero-order valence-electron chi connectivity index (χ0n) is 17.6. The summed E-state index contributed by atoms with van der Waals surface area (Å²) < 4.78 is 37.2. The van der Waals surface area contributed by atoms with Crippen molar-refractivity contribution in [2.24, 2.45) is 4.99 Å². The van der Waals surface area contributed by atoms with E-state index in [9.17, 15) is 22.8 Å². The lowest BCUT2D eigenvalue weighted by Gasteiger charge is -2.37. The van der Waals surface area contributed by atoms with Crippen molar-refractivity contribution in [1.29, 1.82) is 0 Å². The Hall–Kier alpha value is -1.31. The highest BCUT2D eigenvalue weighted by atomic mass is 127. The van der Waals surface area contributed by atoms with Crippen LogP contribution < -0.4 is 5.32 Å². The van der Waals surface area contributed by atoms with Crippen LogP contribution in [0.2, 0.25) is 0 Å². The Morgan fingerprint density at radius 3 is 2.13 bits per heavy atom. The second-order valence-corrected chi connectivity index (χ2v) is 7.47. The molecule has 0 bridgehead atoms. The molecule has 0 aromatic heterocycles. The number of carbonyl (C=O) groups excluding carboxylic acids is 2. The molecular formula is C18H32F3IN6O2. The molecule has 0 atom stereocenters. The van der Waals surface area contributed by atoms with Crippen molar-refractivity contribution in [1.82, 2.24) is 24.9 Å². The number of guanidine groups is 1. The van der Waals surface area contributed by atoms with E-state index in [1.165, 1.54) is 6.42 Å². The van der Waals surface area contributed by atoms with E-state index in [1.54, 1.807) is 7.05 Å². The molecule has 2 saturated heterocycles. The monoisotopic (exact) mass is 548 g/mol. The van der Waals surface area contributed by atoms with Crippen LogP contribution in [0.5, 0.6) is 0 Å². The van der Waals surface area contributed by atoms with E-state index in [2.05, 4.69) is 15.2 Å². The summed E-state index contributed by atoms with van der Waals surface area (Å²) in [6.07, 6.45) is -1.10. The first-order valence-corrected chi connectivity index (χ1v) is 9.96. The van der Waals surface area contributed by atoms with E-state index in [-0.39, 0.29) is 36.4 Å². The van der Waals surface area contributed by atoms with Gasteiger partial charge < -0.3 is 20.0 Å². The predicted octanol–water partition coefficient (Wildman–Crippen LogP) is 0.831. The lowest BCUT2D eigenvalue weighted by molar-refractivity contribution is -0.157. The van der Waals surface area contributed by atoms with Crippen LogP contribution in [-0.4, -0.2) is 117 Å². The van der Waals surface area contributed by atoms with Crippen molar-refractivity contribution in [3.05, 3.63) is 0 Å². The number of aliphatic imine (C=N–C) groups is 1. The summed E-state index contributed by atoms with van der Waals surface area (Å²) in [5.74, 6) is -0.0195. The molecule has 0 aliphatic carbocycles. The van der Waals surface area contributed by atoms with Gasteiger partial charge in [-0.3, -0.25) is 19.5 Å². The number of hydrogen-bond acceptors (Lipinski definition) is 4. The highest BCUT2D eigenvalue weighted by molar-refractivity contribution is 14.0. The van der Waals surface area contributed by atoms with Crippen molar-refractivity contribution in [2.75, 3.05) is 73.0 Å². The maximum Gasteiger partial charge on any atom is 0.406 e. The van der Waals surface area contributed by atoms with Gasteiger partial charge in [-0.05, 0) is 19.3 Å². The van der Waals surface area contributed by atoms with Crippen LogP contribution in [0.1, 0.15) is 19.3 Å². The minimum absolute atomic E-state index is 0. The number of halogens is 4. The van der Waals surface area contributed by atoms with Crippen molar-refractivity contribution in [3.63, 3.8) is 0 Å². The van der Waals surface area contributed by atoms with Crippen LogP contribution in [0.15, 0.2) is 4.99 Å². The van der Waals surface area contributed by atoms with E-state index < -0.39 is 18.6 Å². The van der Waals surface area contributed by atoms with Crippen LogP contribution in [0, 0.1) is 0 Å². The minimum atomic E-state index is -4.42. The average Bonchev–Trinajstić information content (AvgIpc) is 2.68. The molecule has 2 amide bonds. The van der Waals surface area contributed by atoms with Crippen LogP contribution >= 0.6 is 24.0 Å². The summed E-state index contributed by atoms with van der Waals surface area (Å²) in [7, 11) is 2.69. The first-order valence-electron chi connectivity index (χ1n) is 9.96. The molecular weight excluding hydrogens is 516 g/mol. The number of amides is 2. The lowest BCUT2D eigenvalue weighted by atomic mass is 10.1. The van der Waals surface area contributed by atoms with Gasteiger partial charge in [0.25, 0.3) is 0 Å². The molecule has 0 aromatic rings. The van der Waals surface area contributed by atoms with Crippen molar-refractivity contribution < 1.29 is 22.8 Å². The summed E-state index contributed by atoms with van der Waals surface area (Å²) in [6.45, 7) is 3.16. The zero-order valence-corrected chi connectivity index (χ0v) is 19.9. The fourth-order valence-corrected chi connectivity index (χ4v) is 3.53. The molecule has 12 heteroatoms. The number of hydrogen-bond donors (Lipinski definition) is 1. The fourth-order valence-electron chi connectivity index (χ4n) is 3.53. The van der Waals surface area contributed by atoms with Gasteiger partial charge >= 0.3 is 6.18 Å². The highest BCUT2D eigenvalue weighted by Crippen LogP contribution is 2.15. The molecule has 0 radical (unpaired) electrons. The van der Waals surface area contributed by atoms with Gasteiger partial charge in [-0.25, -0.2) is 0 Å². The molecule has 174 valence electrons. The molecule has 0 saturated carbocycles. The molecule has 1 N–H and O–H groups in total. The van der Waals surface area contributed by atoms with Crippen molar-refractivity contribution in [3.8, 4) is 0 Å². The fraction of sp³-hybridized carbons (Fsp3) is 0.833. The number of nitrogens with one attached hydrogen (secondary N) is 1. The first kappa shape index (κ1) is 26.7. The molecule has 0 unspecified atom stereocenters. The zero-order chi connectivity index (χ0) is 21.4. The largest absolute Gasteiger partial charge is 0.406 e. The van der Waals surface area contributed by atoms with Gasteiger partial charge in [-0.1, -0.05) is 0 Å². The number of carbonyl (C=O) groups is 2. The van der Waals surface area contributed by atoms with Crippen LogP contribution in [0.4, 0.5) is 13.2 Å².